The van der Waals surface area contributed by atoms with E-state index in [2.05, 4.69) is 16.7 Å². The second-order valence-corrected chi connectivity index (χ2v) is 6.94. The van der Waals surface area contributed by atoms with Crippen molar-refractivity contribution in [1.29, 1.82) is 5.26 Å². The lowest BCUT2D eigenvalue weighted by molar-refractivity contribution is -0.113. The Balaban J connectivity index is 2.13. The third-order valence-electron chi connectivity index (χ3n) is 4.77. The van der Waals surface area contributed by atoms with Gasteiger partial charge in [0.1, 0.15) is 11.6 Å². The Morgan fingerprint density at radius 1 is 1.21 bits per heavy atom. The van der Waals surface area contributed by atoms with Gasteiger partial charge in [-0.05, 0) is 38.1 Å². The van der Waals surface area contributed by atoms with Crippen LogP contribution in [-0.2, 0) is 4.79 Å². The minimum atomic E-state index is -0.940. The summed E-state index contributed by atoms with van der Waals surface area (Å²) in [4.78, 5) is 13.3. The van der Waals surface area contributed by atoms with E-state index >= 15 is 0 Å². The Bertz CT molecular complexity index is 1070. The SMILES string of the molecule is COc1ccccc1NC(=O)C1=C(C)NC(C)=C(C#N)C1c1c(F)cccc1Cl. The maximum absolute atomic E-state index is 14.8. The lowest BCUT2D eigenvalue weighted by atomic mass is 9.80. The molecule has 5 nitrogen and oxygen atoms in total. The normalized spacial score (nSPS) is 16.2. The highest BCUT2D eigenvalue weighted by molar-refractivity contribution is 6.31. The number of hydrogen-bond donors (Lipinski definition) is 2. The number of dihydropyridines is 1. The van der Waals surface area contributed by atoms with Crippen LogP contribution >= 0.6 is 11.6 Å². The van der Waals surface area contributed by atoms with Gasteiger partial charge >= 0.3 is 0 Å². The molecule has 0 saturated carbocycles. The molecule has 7 heteroatoms. The molecule has 0 aromatic heterocycles. The number of allylic oxidation sites excluding steroid dienone is 3. The van der Waals surface area contributed by atoms with E-state index in [1.807, 2.05) is 0 Å². The van der Waals surface area contributed by atoms with Gasteiger partial charge in [-0.25, -0.2) is 4.39 Å². The molecular formula is C22H19ClFN3O2. The first kappa shape index (κ1) is 20.4. The van der Waals surface area contributed by atoms with Gasteiger partial charge in [0.2, 0.25) is 0 Å². The van der Waals surface area contributed by atoms with Crippen LogP contribution in [0.15, 0.2) is 65.0 Å². The number of nitrogens with one attached hydrogen (secondary N) is 2. The number of carbonyl (C=O) groups is 1. The summed E-state index contributed by atoms with van der Waals surface area (Å²) in [5.74, 6) is -1.52. The topological polar surface area (TPSA) is 74.2 Å². The summed E-state index contributed by atoms with van der Waals surface area (Å²) in [7, 11) is 1.50. The van der Waals surface area contributed by atoms with Gasteiger partial charge in [0.05, 0.1) is 30.4 Å². The number of anilines is 1. The number of carbonyl (C=O) groups excluding carboxylic acids is 1. The molecule has 0 radical (unpaired) electrons. The number of nitrogens with zero attached hydrogens (tertiary/aromatic N) is 1. The zero-order valence-corrected chi connectivity index (χ0v) is 16.9. The van der Waals surface area contributed by atoms with Crippen LogP contribution in [0.3, 0.4) is 0 Å². The minimum absolute atomic E-state index is 0.0936. The second-order valence-electron chi connectivity index (χ2n) is 6.54. The number of hydrogen-bond acceptors (Lipinski definition) is 4. The van der Waals surface area contributed by atoms with Crippen LogP contribution in [0.25, 0.3) is 0 Å². The number of halogens is 2. The minimum Gasteiger partial charge on any atom is -0.495 e. The number of amides is 1. The average molecular weight is 412 g/mol. The molecule has 0 bridgehead atoms. The highest BCUT2D eigenvalue weighted by Crippen LogP contribution is 2.42. The molecule has 2 N–H and O–H groups in total. The van der Waals surface area contributed by atoms with Crippen molar-refractivity contribution in [2.75, 3.05) is 12.4 Å². The summed E-state index contributed by atoms with van der Waals surface area (Å²) in [6, 6.07) is 13.3. The van der Waals surface area contributed by atoms with Gasteiger partial charge in [-0.3, -0.25) is 4.79 Å². The van der Waals surface area contributed by atoms with Crippen molar-refractivity contribution >= 4 is 23.2 Å². The molecule has 3 rings (SSSR count). The van der Waals surface area contributed by atoms with Crippen LogP contribution < -0.4 is 15.4 Å². The summed E-state index contributed by atoms with van der Waals surface area (Å²) in [6.45, 7) is 3.41. The van der Waals surface area contributed by atoms with Gasteiger partial charge < -0.3 is 15.4 Å². The Hall–Kier alpha value is -3.30. The smallest absolute Gasteiger partial charge is 0.254 e. The molecule has 1 aliphatic heterocycles. The van der Waals surface area contributed by atoms with Crippen LogP contribution in [0.1, 0.15) is 25.3 Å². The van der Waals surface area contributed by atoms with Crippen molar-refractivity contribution in [3.63, 3.8) is 0 Å². The standard InChI is InChI=1S/C22H19ClFN3O2/c1-12-14(11-25)20(21-15(23)7-6-8-16(21)24)19(13(2)26-12)22(28)27-17-9-4-5-10-18(17)29-3/h4-10,20,26H,1-3H3,(H,27,28). The summed E-state index contributed by atoms with van der Waals surface area (Å²) >= 11 is 6.29. The Kier molecular flexibility index (Phi) is 5.90. The lowest BCUT2D eigenvalue weighted by Gasteiger charge is -2.29. The van der Waals surface area contributed by atoms with Crippen molar-refractivity contribution in [3.8, 4) is 11.8 Å². The maximum Gasteiger partial charge on any atom is 0.254 e. The molecule has 0 fully saturated rings. The molecule has 148 valence electrons. The molecule has 2 aromatic carbocycles. The summed E-state index contributed by atoms with van der Waals surface area (Å²) < 4.78 is 20.1. The highest BCUT2D eigenvalue weighted by atomic mass is 35.5. The molecular weight excluding hydrogens is 393 g/mol. The van der Waals surface area contributed by atoms with Crippen molar-refractivity contribution in [3.05, 3.63) is 81.4 Å². The predicted octanol–water partition coefficient (Wildman–Crippen LogP) is 4.88. The van der Waals surface area contributed by atoms with Gasteiger partial charge in [-0.15, -0.1) is 0 Å². The quantitative estimate of drug-likeness (QED) is 0.751. The van der Waals surface area contributed by atoms with E-state index in [0.717, 1.165) is 0 Å². The Morgan fingerprint density at radius 3 is 2.59 bits per heavy atom. The molecule has 0 spiro atoms. The maximum atomic E-state index is 14.8. The molecule has 29 heavy (non-hydrogen) atoms. The number of methoxy groups -OCH3 is 1. The fraction of sp³-hybridized carbons (Fsp3) is 0.182. The fourth-order valence-corrected chi connectivity index (χ4v) is 3.73. The number of nitriles is 1. The van der Waals surface area contributed by atoms with Gasteiger partial charge in [0.15, 0.2) is 0 Å². The van der Waals surface area contributed by atoms with Crippen LogP contribution in [-0.4, -0.2) is 13.0 Å². The van der Waals surface area contributed by atoms with Crippen LogP contribution in [0.4, 0.5) is 10.1 Å². The Labute approximate surface area is 173 Å². The summed E-state index contributed by atoms with van der Waals surface area (Å²) in [5.41, 5.74) is 2.05. The van der Waals surface area contributed by atoms with Gasteiger partial charge in [-0.1, -0.05) is 29.8 Å². The molecule has 1 atom stereocenters. The van der Waals surface area contributed by atoms with Crippen molar-refractivity contribution in [1.82, 2.24) is 5.32 Å². The number of para-hydroxylation sites is 2. The van der Waals surface area contributed by atoms with E-state index in [1.54, 1.807) is 38.1 Å². The van der Waals surface area contributed by atoms with E-state index in [-0.39, 0.29) is 21.7 Å². The van der Waals surface area contributed by atoms with E-state index in [4.69, 9.17) is 16.3 Å². The Morgan fingerprint density at radius 2 is 1.93 bits per heavy atom. The number of benzene rings is 2. The van der Waals surface area contributed by atoms with Gasteiger partial charge in [0.25, 0.3) is 5.91 Å². The zero-order chi connectivity index (χ0) is 21.1. The van der Waals surface area contributed by atoms with Crippen molar-refractivity contribution in [2.24, 2.45) is 0 Å². The molecule has 1 unspecified atom stereocenters. The largest absolute Gasteiger partial charge is 0.495 e. The third kappa shape index (κ3) is 3.82. The van der Waals surface area contributed by atoms with Crippen LogP contribution in [0, 0.1) is 17.1 Å². The predicted molar refractivity (Wildman–Crippen MR) is 110 cm³/mol. The van der Waals surface area contributed by atoms with E-state index < -0.39 is 17.6 Å². The van der Waals surface area contributed by atoms with Gasteiger partial charge in [-0.2, -0.15) is 5.26 Å². The van der Waals surface area contributed by atoms with Crippen LogP contribution in [0.5, 0.6) is 5.75 Å². The first-order valence-corrected chi connectivity index (χ1v) is 9.23. The number of ether oxygens (including phenoxy) is 1. The van der Waals surface area contributed by atoms with Crippen molar-refractivity contribution < 1.29 is 13.9 Å². The average Bonchev–Trinajstić information content (AvgIpc) is 2.68. The third-order valence-corrected chi connectivity index (χ3v) is 5.10. The summed E-state index contributed by atoms with van der Waals surface area (Å²) in [6.07, 6.45) is 0. The zero-order valence-electron chi connectivity index (χ0n) is 16.1. The van der Waals surface area contributed by atoms with Crippen molar-refractivity contribution in [2.45, 2.75) is 19.8 Å². The molecule has 1 aliphatic rings. The molecule has 0 aliphatic carbocycles. The van der Waals surface area contributed by atoms with E-state index in [9.17, 15) is 14.4 Å². The highest BCUT2D eigenvalue weighted by Gasteiger charge is 2.36. The van der Waals surface area contributed by atoms with Gasteiger partial charge in [0, 0.05) is 27.6 Å². The van der Waals surface area contributed by atoms with E-state index in [0.29, 0.717) is 22.8 Å². The fourth-order valence-electron chi connectivity index (χ4n) is 3.46. The molecule has 1 amide bonds. The number of rotatable bonds is 4. The molecule has 2 aromatic rings. The first-order chi connectivity index (χ1) is 13.9. The monoisotopic (exact) mass is 411 g/mol. The first-order valence-electron chi connectivity index (χ1n) is 8.86. The molecule has 1 heterocycles. The molecule has 0 saturated heterocycles. The van der Waals surface area contributed by atoms with Crippen LogP contribution in [0.2, 0.25) is 5.02 Å². The lowest BCUT2D eigenvalue weighted by Crippen LogP contribution is -2.31. The van der Waals surface area contributed by atoms with E-state index in [1.165, 1.54) is 25.3 Å². The second kappa shape index (κ2) is 8.38. The summed E-state index contributed by atoms with van der Waals surface area (Å²) in [5, 5.41) is 15.7.